The van der Waals surface area contributed by atoms with Crippen LogP contribution in [0.25, 0.3) is 0 Å². The van der Waals surface area contributed by atoms with Crippen LogP contribution in [0.3, 0.4) is 0 Å². The highest BCUT2D eigenvalue weighted by Crippen LogP contribution is 2.17. The highest BCUT2D eigenvalue weighted by Gasteiger charge is 2.24. The maximum absolute atomic E-state index is 12.7. The van der Waals surface area contributed by atoms with E-state index < -0.39 is 0 Å². The lowest BCUT2D eigenvalue weighted by molar-refractivity contribution is -0.141. The Morgan fingerprint density at radius 1 is 0.964 bits per heavy atom. The minimum absolute atomic E-state index is 0.0124. The summed E-state index contributed by atoms with van der Waals surface area (Å²) in [6.45, 7) is 5.86. The van der Waals surface area contributed by atoms with Crippen LogP contribution in [0.4, 0.5) is 0 Å². The molecule has 1 fully saturated rings. The molecule has 6 heteroatoms. The number of piperazine rings is 1. The second-order valence-electron chi connectivity index (χ2n) is 7.11. The zero-order valence-electron chi connectivity index (χ0n) is 16.2. The van der Waals surface area contributed by atoms with Crippen LogP contribution in [0.15, 0.2) is 54.6 Å². The third-order valence-corrected chi connectivity index (χ3v) is 5.43. The van der Waals surface area contributed by atoms with Gasteiger partial charge < -0.3 is 9.80 Å². The first-order chi connectivity index (χ1) is 13.5. The Balaban J connectivity index is 1.52. The summed E-state index contributed by atoms with van der Waals surface area (Å²) < 4.78 is 0. The highest BCUT2D eigenvalue weighted by molar-refractivity contribution is 6.31. The van der Waals surface area contributed by atoms with E-state index in [4.69, 9.17) is 11.6 Å². The van der Waals surface area contributed by atoms with Gasteiger partial charge in [-0.2, -0.15) is 0 Å². The number of hydrogen-bond donors (Lipinski definition) is 0. The molecule has 148 valence electrons. The smallest absolute Gasteiger partial charge is 0.242 e. The lowest BCUT2D eigenvalue weighted by Crippen LogP contribution is -2.51. The summed E-state index contributed by atoms with van der Waals surface area (Å²) in [4.78, 5) is 30.5. The first kappa shape index (κ1) is 20.4. The minimum atomic E-state index is -0.129. The SMILES string of the molecule is CC(=O)N(CC(=O)N1CCN(Cc2ccccc2)CC1)Cc1ccccc1Cl. The van der Waals surface area contributed by atoms with Crippen molar-refractivity contribution in [1.82, 2.24) is 14.7 Å². The van der Waals surface area contributed by atoms with Crippen molar-refractivity contribution in [1.29, 1.82) is 0 Å². The molecule has 0 spiro atoms. The van der Waals surface area contributed by atoms with Crippen molar-refractivity contribution in [2.24, 2.45) is 0 Å². The van der Waals surface area contributed by atoms with Gasteiger partial charge in [0, 0.05) is 51.2 Å². The molecule has 1 saturated heterocycles. The fourth-order valence-corrected chi connectivity index (χ4v) is 3.57. The van der Waals surface area contributed by atoms with Crippen molar-refractivity contribution >= 4 is 23.4 Å². The van der Waals surface area contributed by atoms with Gasteiger partial charge in [-0.1, -0.05) is 60.1 Å². The van der Waals surface area contributed by atoms with E-state index in [1.54, 1.807) is 11.0 Å². The Hall–Kier alpha value is -2.37. The Morgan fingerprint density at radius 2 is 1.61 bits per heavy atom. The minimum Gasteiger partial charge on any atom is -0.339 e. The molecular weight excluding hydrogens is 374 g/mol. The molecule has 2 aromatic rings. The molecule has 0 N–H and O–H groups in total. The van der Waals surface area contributed by atoms with Gasteiger partial charge in [0.25, 0.3) is 0 Å². The predicted molar refractivity (Wildman–Crippen MR) is 111 cm³/mol. The zero-order chi connectivity index (χ0) is 19.9. The van der Waals surface area contributed by atoms with Gasteiger partial charge in [0.2, 0.25) is 11.8 Å². The maximum atomic E-state index is 12.7. The molecule has 0 atom stereocenters. The van der Waals surface area contributed by atoms with Crippen LogP contribution >= 0.6 is 11.6 Å². The standard InChI is InChI=1S/C22H26ClN3O2/c1-18(27)26(16-20-9-5-6-10-21(20)23)17-22(28)25-13-11-24(12-14-25)15-19-7-3-2-4-8-19/h2-10H,11-17H2,1H3. The summed E-state index contributed by atoms with van der Waals surface area (Å²) in [7, 11) is 0. The van der Waals surface area contributed by atoms with Crippen LogP contribution < -0.4 is 0 Å². The quantitative estimate of drug-likeness (QED) is 0.749. The van der Waals surface area contributed by atoms with Gasteiger partial charge in [0.05, 0.1) is 0 Å². The highest BCUT2D eigenvalue weighted by atomic mass is 35.5. The van der Waals surface area contributed by atoms with Crippen LogP contribution in [0.5, 0.6) is 0 Å². The van der Waals surface area contributed by atoms with E-state index in [-0.39, 0.29) is 18.4 Å². The largest absolute Gasteiger partial charge is 0.339 e. The predicted octanol–water partition coefficient (Wildman–Crippen LogP) is 3.03. The topological polar surface area (TPSA) is 43.9 Å². The Morgan fingerprint density at radius 3 is 2.25 bits per heavy atom. The molecule has 0 radical (unpaired) electrons. The molecule has 1 heterocycles. The first-order valence-electron chi connectivity index (χ1n) is 9.56. The normalized spacial score (nSPS) is 14.7. The van der Waals surface area contributed by atoms with E-state index >= 15 is 0 Å². The first-order valence-corrected chi connectivity index (χ1v) is 9.93. The van der Waals surface area contributed by atoms with Crippen LogP contribution in [0.1, 0.15) is 18.1 Å². The van der Waals surface area contributed by atoms with Crippen molar-refractivity contribution in [3.63, 3.8) is 0 Å². The molecule has 2 aromatic carbocycles. The molecule has 5 nitrogen and oxygen atoms in total. The molecule has 3 rings (SSSR count). The lowest BCUT2D eigenvalue weighted by Gasteiger charge is -2.35. The fourth-order valence-electron chi connectivity index (χ4n) is 3.37. The van der Waals surface area contributed by atoms with E-state index in [9.17, 15) is 9.59 Å². The monoisotopic (exact) mass is 399 g/mol. The van der Waals surface area contributed by atoms with Crippen LogP contribution in [0, 0.1) is 0 Å². The number of halogens is 1. The van der Waals surface area contributed by atoms with Crippen molar-refractivity contribution < 1.29 is 9.59 Å². The van der Waals surface area contributed by atoms with Crippen molar-refractivity contribution in [3.05, 3.63) is 70.7 Å². The Bertz CT molecular complexity index is 804. The molecule has 0 aliphatic carbocycles. The molecule has 0 aromatic heterocycles. The second-order valence-corrected chi connectivity index (χ2v) is 7.52. The maximum Gasteiger partial charge on any atom is 0.242 e. The number of carbonyl (C=O) groups excluding carboxylic acids is 2. The van der Waals surface area contributed by atoms with E-state index in [0.717, 1.165) is 25.2 Å². The zero-order valence-corrected chi connectivity index (χ0v) is 16.9. The van der Waals surface area contributed by atoms with E-state index in [2.05, 4.69) is 17.0 Å². The summed E-state index contributed by atoms with van der Waals surface area (Å²) >= 11 is 6.20. The molecule has 0 unspecified atom stereocenters. The van der Waals surface area contributed by atoms with Crippen LogP contribution in [0.2, 0.25) is 5.02 Å². The average molecular weight is 400 g/mol. The van der Waals surface area contributed by atoms with E-state index in [0.29, 0.717) is 24.7 Å². The average Bonchev–Trinajstić information content (AvgIpc) is 2.70. The van der Waals surface area contributed by atoms with Gasteiger partial charge in [-0.05, 0) is 17.2 Å². The molecule has 2 amide bonds. The summed E-state index contributed by atoms with van der Waals surface area (Å²) in [5.74, 6) is -0.141. The van der Waals surface area contributed by atoms with Gasteiger partial charge >= 0.3 is 0 Å². The number of hydrogen-bond acceptors (Lipinski definition) is 3. The summed E-state index contributed by atoms with van der Waals surface area (Å²) in [6.07, 6.45) is 0. The Kier molecular flexibility index (Phi) is 7.06. The number of benzene rings is 2. The third kappa shape index (κ3) is 5.57. The van der Waals surface area contributed by atoms with Gasteiger partial charge in [0.1, 0.15) is 6.54 Å². The molecule has 0 saturated carbocycles. The van der Waals surface area contributed by atoms with E-state index in [1.165, 1.54) is 12.5 Å². The summed E-state index contributed by atoms with van der Waals surface area (Å²) in [5, 5.41) is 0.607. The number of amides is 2. The van der Waals surface area contributed by atoms with Crippen LogP contribution in [-0.4, -0.2) is 59.2 Å². The number of carbonyl (C=O) groups is 2. The van der Waals surface area contributed by atoms with Gasteiger partial charge in [-0.15, -0.1) is 0 Å². The molecule has 0 bridgehead atoms. The van der Waals surface area contributed by atoms with Gasteiger partial charge in [-0.3, -0.25) is 14.5 Å². The van der Waals surface area contributed by atoms with E-state index in [1.807, 2.05) is 41.3 Å². The van der Waals surface area contributed by atoms with Crippen molar-refractivity contribution in [3.8, 4) is 0 Å². The lowest BCUT2D eigenvalue weighted by atomic mass is 10.2. The van der Waals surface area contributed by atoms with Crippen molar-refractivity contribution in [2.45, 2.75) is 20.0 Å². The second kappa shape index (κ2) is 9.71. The molecule has 1 aliphatic heterocycles. The Labute approximate surface area is 171 Å². The van der Waals surface area contributed by atoms with Crippen molar-refractivity contribution in [2.75, 3.05) is 32.7 Å². The number of nitrogens with zero attached hydrogens (tertiary/aromatic N) is 3. The summed E-state index contributed by atoms with van der Waals surface area (Å²) in [5.41, 5.74) is 2.13. The van der Waals surface area contributed by atoms with Gasteiger partial charge in [-0.25, -0.2) is 0 Å². The van der Waals surface area contributed by atoms with Crippen LogP contribution in [-0.2, 0) is 22.7 Å². The molecule has 28 heavy (non-hydrogen) atoms. The number of rotatable bonds is 6. The molecule has 1 aliphatic rings. The fraction of sp³-hybridized carbons (Fsp3) is 0.364. The summed E-state index contributed by atoms with van der Waals surface area (Å²) in [6, 6.07) is 17.8. The van der Waals surface area contributed by atoms with Gasteiger partial charge in [0.15, 0.2) is 0 Å². The third-order valence-electron chi connectivity index (χ3n) is 5.06. The molecular formula is C22H26ClN3O2.